The molecule has 1 atom stereocenters. The quantitative estimate of drug-likeness (QED) is 0.256. The molecule has 0 spiro atoms. The number of halogens is 1. The van der Waals surface area contributed by atoms with Crippen LogP contribution in [0.25, 0.3) is 0 Å². The Balaban J connectivity index is 1.54. The van der Waals surface area contributed by atoms with Gasteiger partial charge in [0, 0.05) is 44.6 Å². The predicted octanol–water partition coefficient (Wildman–Crippen LogP) is 2.54. The number of anilines is 2. The van der Waals surface area contributed by atoms with E-state index in [0.29, 0.717) is 11.3 Å². The number of piperazine rings is 1. The number of hydrogen-bond acceptors (Lipinski definition) is 8. The smallest absolute Gasteiger partial charge is 0.271 e. The summed E-state index contributed by atoms with van der Waals surface area (Å²) < 4.78 is 38.2. The fourth-order valence-electron chi connectivity index (χ4n) is 4.41. The van der Waals surface area contributed by atoms with Gasteiger partial charge < -0.3 is 20.9 Å². The number of nitrogens with zero attached hydrogens (tertiary/aromatic N) is 3. The maximum Gasteiger partial charge on any atom is 0.271 e. The molecule has 0 aromatic heterocycles. The summed E-state index contributed by atoms with van der Waals surface area (Å²) in [6.07, 6.45) is 1.01. The summed E-state index contributed by atoms with van der Waals surface area (Å²) in [6.45, 7) is 1.01. The number of sulfone groups is 1. The Morgan fingerprint density at radius 1 is 1.03 bits per heavy atom. The molecule has 204 valence electrons. The van der Waals surface area contributed by atoms with Crippen molar-refractivity contribution in [2.24, 2.45) is 0 Å². The number of non-ortho nitro benzene ring substituents is 1. The first-order valence-corrected chi connectivity index (χ1v) is 13.8. The van der Waals surface area contributed by atoms with Crippen molar-refractivity contribution in [2.75, 3.05) is 43.1 Å². The summed E-state index contributed by atoms with van der Waals surface area (Å²) in [7, 11) is -3.69. The maximum absolute atomic E-state index is 13.8. The molecular weight excluding hydrogens is 529 g/mol. The van der Waals surface area contributed by atoms with E-state index >= 15 is 0 Å². The molecule has 11 nitrogen and oxygen atoms in total. The van der Waals surface area contributed by atoms with Crippen LogP contribution in [0.2, 0.25) is 0 Å². The molecule has 2 amide bonds. The summed E-state index contributed by atoms with van der Waals surface area (Å²) >= 11 is 0. The molecule has 4 rings (SSSR count). The Kier molecular flexibility index (Phi) is 7.81. The lowest BCUT2D eigenvalue weighted by molar-refractivity contribution is -0.384. The number of hydrogen-bond donors (Lipinski definition) is 2. The normalized spacial score (nSPS) is 14.5. The summed E-state index contributed by atoms with van der Waals surface area (Å²) in [5.41, 5.74) is 6.38. The van der Waals surface area contributed by atoms with Gasteiger partial charge in [-0.3, -0.25) is 19.7 Å². The van der Waals surface area contributed by atoms with E-state index in [2.05, 4.69) is 5.32 Å². The van der Waals surface area contributed by atoms with Gasteiger partial charge in [-0.05, 0) is 29.8 Å². The minimum atomic E-state index is -3.69. The highest BCUT2D eigenvalue weighted by atomic mass is 32.2. The van der Waals surface area contributed by atoms with Crippen molar-refractivity contribution in [2.45, 2.75) is 10.9 Å². The number of benzene rings is 3. The number of nitro benzene ring substituents is 1. The average molecular weight is 556 g/mol. The first-order chi connectivity index (χ1) is 18.5. The number of nitro groups is 1. The summed E-state index contributed by atoms with van der Waals surface area (Å²) in [5, 5.41) is 13.7. The van der Waals surface area contributed by atoms with E-state index in [9.17, 15) is 32.5 Å². The molecule has 0 aliphatic carbocycles. The number of carbonyl (C=O) groups excluding carboxylic acids is 2. The molecule has 0 radical (unpaired) electrons. The van der Waals surface area contributed by atoms with Gasteiger partial charge in [-0.15, -0.1) is 0 Å². The third kappa shape index (κ3) is 6.14. The molecule has 39 heavy (non-hydrogen) atoms. The lowest BCUT2D eigenvalue weighted by atomic mass is 10.0. The van der Waals surface area contributed by atoms with Crippen LogP contribution in [0.3, 0.4) is 0 Å². The molecule has 0 bridgehead atoms. The number of rotatable bonds is 7. The van der Waals surface area contributed by atoms with E-state index in [1.165, 1.54) is 18.2 Å². The molecule has 1 aliphatic heterocycles. The van der Waals surface area contributed by atoms with Gasteiger partial charge in [-0.1, -0.05) is 30.3 Å². The van der Waals surface area contributed by atoms with Crippen LogP contribution >= 0.6 is 0 Å². The second-order valence-electron chi connectivity index (χ2n) is 9.04. The molecule has 1 aliphatic rings. The van der Waals surface area contributed by atoms with E-state index in [4.69, 9.17) is 5.73 Å². The fourth-order valence-corrected chi connectivity index (χ4v) is 5.31. The average Bonchev–Trinajstić information content (AvgIpc) is 2.91. The number of nitrogen functional groups attached to an aromatic ring is 1. The third-order valence-corrected chi connectivity index (χ3v) is 7.53. The van der Waals surface area contributed by atoms with Crippen LogP contribution in [0.5, 0.6) is 0 Å². The predicted molar refractivity (Wildman–Crippen MR) is 142 cm³/mol. The minimum absolute atomic E-state index is 0.0104. The first-order valence-electron chi connectivity index (χ1n) is 11.9. The molecule has 3 aromatic carbocycles. The van der Waals surface area contributed by atoms with E-state index < -0.39 is 38.4 Å². The topological polar surface area (TPSA) is 156 Å². The SMILES string of the molecule is CS(=O)(=O)c1cc(F)ccc1N1CCN(C(=O)[C@H](NC(=O)c2ccc([N+](=O)[O-])cc2N)c2ccccc2)CC1. The molecule has 1 fully saturated rings. The summed E-state index contributed by atoms with van der Waals surface area (Å²) in [6, 6.07) is 14.6. The Morgan fingerprint density at radius 2 is 1.69 bits per heavy atom. The van der Waals surface area contributed by atoms with Crippen molar-refractivity contribution in [3.05, 3.63) is 93.8 Å². The van der Waals surface area contributed by atoms with Gasteiger partial charge in [-0.25, -0.2) is 12.8 Å². The minimum Gasteiger partial charge on any atom is -0.398 e. The third-order valence-electron chi connectivity index (χ3n) is 6.40. The van der Waals surface area contributed by atoms with Gasteiger partial charge >= 0.3 is 0 Å². The van der Waals surface area contributed by atoms with Crippen LogP contribution in [0.15, 0.2) is 71.6 Å². The molecule has 1 saturated heterocycles. The number of carbonyl (C=O) groups is 2. The van der Waals surface area contributed by atoms with Crippen molar-refractivity contribution in [1.82, 2.24) is 10.2 Å². The van der Waals surface area contributed by atoms with Crippen LogP contribution in [0.4, 0.5) is 21.5 Å². The van der Waals surface area contributed by atoms with E-state index in [-0.39, 0.29) is 48.0 Å². The lowest BCUT2D eigenvalue weighted by Crippen LogP contribution is -2.52. The van der Waals surface area contributed by atoms with E-state index in [1.807, 2.05) is 0 Å². The standard InChI is InChI=1S/C26H26FN5O6S/c1-39(37,38)23-15-18(27)7-10-22(23)30-11-13-31(14-12-30)26(34)24(17-5-3-2-4-6-17)29-25(33)20-9-8-19(32(35)36)16-21(20)28/h2-10,15-16,24H,11-14,28H2,1H3,(H,29,33)/t24-/m1/s1. The number of amides is 2. The summed E-state index contributed by atoms with van der Waals surface area (Å²) in [4.78, 5) is 40.3. The zero-order valence-corrected chi connectivity index (χ0v) is 21.7. The van der Waals surface area contributed by atoms with Gasteiger partial charge in [0.25, 0.3) is 11.6 Å². The highest BCUT2D eigenvalue weighted by molar-refractivity contribution is 7.90. The van der Waals surface area contributed by atoms with Gasteiger partial charge in [0.15, 0.2) is 9.84 Å². The monoisotopic (exact) mass is 555 g/mol. The van der Waals surface area contributed by atoms with Crippen LogP contribution < -0.4 is 16.0 Å². The molecule has 0 saturated carbocycles. The van der Waals surface area contributed by atoms with Gasteiger partial charge in [0.05, 0.1) is 26.8 Å². The Hall–Kier alpha value is -4.52. The van der Waals surface area contributed by atoms with Crippen molar-refractivity contribution in [3.8, 4) is 0 Å². The highest BCUT2D eigenvalue weighted by Crippen LogP contribution is 2.28. The highest BCUT2D eigenvalue weighted by Gasteiger charge is 2.32. The summed E-state index contributed by atoms with van der Waals surface area (Å²) in [5.74, 6) is -1.73. The largest absolute Gasteiger partial charge is 0.398 e. The van der Waals surface area contributed by atoms with Crippen LogP contribution in [-0.2, 0) is 14.6 Å². The number of nitrogens with one attached hydrogen (secondary N) is 1. The van der Waals surface area contributed by atoms with E-state index in [1.54, 1.807) is 40.1 Å². The number of nitrogens with two attached hydrogens (primary N) is 1. The molecular formula is C26H26FN5O6S. The van der Waals surface area contributed by atoms with Crippen molar-refractivity contribution >= 4 is 38.7 Å². The molecule has 3 N–H and O–H groups in total. The van der Waals surface area contributed by atoms with Crippen LogP contribution in [0.1, 0.15) is 22.0 Å². The van der Waals surface area contributed by atoms with Gasteiger partial charge in [0.2, 0.25) is 5.91 Å². The maximum atomic E-state index is 13.8. The second-order valence-corrected chi connectivity index (χ2v) is 11.0. The molecule has 3 aromatic rings. The van der Waals surface area contributed by atoms with Crippen LogP contribution in [0, 0.1) is 15.9 Å². The molecule has 13 heteroatoms. The fraction of sp³-hybridized carbons (Fsp3) is 0.231. The molecule has 0 unspecified atom stereocenters. The van der Waals surface area contributed by atoms with E-state index in [0.717, 1.165) is 24.5 Å². The van der Waals surface area contributed by atoms with Crippen molar-refractivity contribution < 1.29 is 27.3 Å². The van der Waals surface area contributed by atoms with Gasteiger partial charge in [-0.2, -0.15) is 0 Å². The Labute approximate surface area is 224 Å². The first kappa shape index (κ1) is 27.5. The Morgan fingerprint density at radius 3 is 2.28 bits per heavy atom. The zero-order valence-electron chi connectivity index (χ0n) is 20.9. The van der Waals surface area contributed by atoms with Crippen LogP contribution in [-0.4, -0.2) is 62.5 Å². The van der Waals surface area contributed by atoms with Crippen molar-refractivity contribution in [1.29, 1.82) is 0 Å². The molecule has 1 heterocycles. The second kappa shape index (κ2) is 11.1. The van der Waals surface area contributed by atoms with Crippen molar-refractivity contribution in [3.63, 3.8) is 0 Å². The Bertz CT molecular complexity index is 1530. The van der Waals surface area contributed by atoms with Gasteiger partial charge in [0.1, 0.15) is 11.9 Å². The lowest BCUT2D eigenvalue weighted by Gasteiger charge is -2.38. The zero-order chi connectivity index (χ0) is 28.3.